The van der Waals surface area contributed by atoms with E-state index in [9.17, 15) is 67.1 Å². The molecule has 7 N–H and O–H groups in total. The second kappa shape index (κ2) is 46.3. The van der Waals surface area contributed by atoms with Crippen molar-refractivity contribution in [1.29, 1.82) is 0 Å². The molecule has 9 aromatic carbocycles. The van der Waals surface area contributed by atoms with Gasteiger partial charge in [0.25, 0.3) is 68.8 Å². The highest BCUT2D eigenvalue weighted by atomic mass is 16.6. The number of anilines is 5. The maximum absolute atomic E-state index is 12.8. The molecule has 750 valence electrons. The molecule has 146 heavy (non-hydrogen) atoms. The zero-order valence-electron chi connectivity index (χ0n) is 81.2. The lowest BCUT2D eigenvalue weighted by Gasteiger charge is -2.21. The Bertz CT molecular complexity index is 8060. The number of carbonyl (C=O) groups is 7. The first-order valence-corrected chi connectivity index (χ1v) is 46.2. The molecule has 1 aliphatic carbocycles. The van der Waals surface area contributed by atoms with Crippen LogP contribution in [0.15, 0.2) is 265 Å². The van der Waals surface area contributed by atoms with E-state index in [4.69, 9.17) is 47.4 Å². The minimum atomic E-state index is -0.668. The summed E-state index contributed by atoms with van der Waals surface area (Å²) in [6.07, 6.45) is 13.0. The smallest absolute Gasteiger partial charge is 0.337 e. The quantitative estimate of drug-likeness (QED) is 0.0416. The van der Waals surface area contributed by atoms with Gasteiger partial charge in [-0.05, 0) is 152 Å². The number of pyridine rings is 5. The molecular formula is C108H103N13O25. The van der Waals surface area contributed by atoms with E-state index in [1.165, 1.54) is 56.5 Å². The van der Waals surface area contributed by atoms with Gasteiger partial charge in [-0.2, -0.15) is 0 Å². The van der Waals surface area contributed by atoms with E-state index in [2.05, 4.69) is 41.6 Å². The Hall–Kier alpha value is -18.5. The topological polar surface area (TPSA) is 458 Å². The molecule has 0 unspecified atom stereocenters. The molecule has 6 amide bonds. The minimum absolute atomic E-state index is 0.00517. The van der Waals surface area contributed by atoms with Crippen molar-refractivity contribution in [2.45, 2.75) is 45.6 Å². The Morgan fingerprint density at radius 2 is 0.692 bits per heavy atom. The maximum Gasteiger partial charge on any atom is 0.337 e. The van der Waals surface area contributed by atoms with Crippen LogP contribution in [-0.2, 0) is 72.8 Å². The molecule has 0 saturated heterocycles. The number of carbonyl (C=O) groups excluding carboxylic acids is 7. The van der Waals surface area contributed by atoms with Gasteiger partial charge in [-0.25, -0.2) is 9.59 Å². The molecule has 0 radical (unpaired) electrons. The average molecular weight is 1980 g/mol. The number of hydrogen-bond acceptors (Lipinski definition) is 25. The van der Waals surface area contributed by atoms with Crippen molar-refractivity contribution >= 4 is 102 Å². The van der Waals surface area contributed by atoms with Gasteiger partial charge in [0.05, 0.1) is 54.7 Å². The molecule has 0 saturated carbocycles. The van der Waals surface area contributed by atoms with E-state index < -0.39 is 23.1 Å². The molecule has 5 aliphatic rings. The number of nitrogens with one attached hydrogen (secondary N) is 7. The number of amides is 6. The fourth-order valence-electron chi connectivity index (χ4n) is 16.4. The molecule has 6 aromatic heterocycles. The number of aromatic nitrogens is 7. The maximum atomic E-state index is 12.8. The van der Waals surface area contributed by atoms with Crippen LogP contribution in [0, 0.1) is 0 Å². The van der Waals surface area contributed by atoms with Crippen LogP contribution < -0.4 is 118 Å². The van der Waals surface area contributed by atoms with Crippen molar-refractivity contribution in [3.8, 4) is 57.5 Å². The number of methoxy groups -OCH3 is 3. The van der Waals surface area contributed by atoms with Crippen LogP contribution in [0.3, 0.4) is 0 Å². The Labute approximate surface area is 832 Å². The summed E-state index contributed by atoms with van der Waals surface area (Å²) in [5.74, 6) is 3.83. The molecule has 0 fully saturated rings. The van der Waals surface area contributed by atoms with Crippen molar-refractivity contribution in [3.05, 3.63) is 365 Å². The summed E-state index contributed by atoms with van der Waals surface area (Å²) in [4.78, 5) is 173. The van der Waals surface area contributed by atoms with Crippen LogP contribution in [0.25, 0.3) is 32.3 Å². The fraction of sp³-hybridized carbons (Fsp3) is 0.222. The lowest BCUT2D eigenvalue weighted by Crippen LogP contribution is -2.37. The van der Waals surface area contributed by atoms with Crippen LogP contribution in [0.5, 0.6) is 57.5 Å². The highest BCUT2D eigenvalue weighted by Gasteiger charge is 2.27. The summed E-state index contributed by atoms with van der Waals surface area (Å²) < 4.78 is 66.9. The number of H-pyrrole nitrogens is 1. The summed E-state index contributed by atoms with van der Waals surface area (Å²) in [7, 11) is 13.9. The summed E-state index contributed by atoms with van der Waals surface area (Å²) in [5.41, 5.74) is 6.84. The molecule has 4 aliphatic heterocycles. The molecular weight excluding hydrogens is 1880 g/mol. The molecule has 20 rings (SSSR count). The van der Waals surface area contributed by atoms with E-state index in [0.717, 1.165) is 58.9 Å². The largest absolute Gasteiger partial charge is 0.493 e. The fourth-order valence-corrected chi connectivity index (χ4v) is 16.4. The number of esters is 1. The number of fused-ring (bicyclic) bond motifs is 8. The highest BCUT2D eigenvalue weighted by Crippen LogP contribution is 2.38. The van der Waals surface area contributed by atoms with Crippen molar-refractivity contribution in [2.75, 3.05) is 101 Å². The van der Waals surface area contributed by atoms with Gasteiger partial charge in [-0.15, -0.1) is 0 Å². The van der Waals surface area contributed by atoms with Crippen LogP contribution in [0.4, 0.5) is 28.4 Å². The standard InChI is InChI=1S/C20H18N2O4.C19H20N2O4.C19H18N2O4.C19H16N2O4.C17H18N2O4.C14H13N3O5/c1-22-12-16(14-4-2-3-5-15(14)20(22)24)19(23)21-11-13-6-7-17-18(10-13)26-9-8-25-17;1-21-11-15(13-4-2-3-5-14(13)19(21)23)18(22)20-12-6-7-16-17(10-12)25-9-8-24-16;1-21-11-15(13-6-4-5-7-14(13)19(21)23)18(22)20-12-8-9-16(24-2)17(10-12)25-3;1-21-11-16(14-5-3-4-6-15(14)18(21)23)17(22)20-13-9-7-12(8-10-13)19(24)25-2;1-3-11-8-12(10-19(2)17(11)21)16(20)18-13-4-5-14-15(9-13)23-7-6-22-14;1-17-13(19)9(7-15-14(17)20)12(18)16-8-2-3-10-11(6-8)22-5-4-21-10/h2-7,10,12H,8-9,11H2,1H3,(H,21,23);6-7,10-11H,2-5,8-9H2,1H3,(H,20,22);4-11H,1-3H3,(H,20,22);3-11H,1-2H3,(H,20,22);4-5,8-10H,3,6-7H2,1-2H3,(H,18,20);2-3,6-7H,4-5H2,1H3,(H,15,20)(H,16,18). The van der Waals surface area contributed by atoms with Gasteiger partial charge in [0.15, 0.2) is 57.5 Å². The number of aryl methyl sites for hydroxylation is 6. The van der Waals surface area contributed by atoms with E-state index in [1.54, 1.807) is 231 Å². The first kappa shape index (κ1) is 102. The van der Waals surface area contributed by atoms with E-state index in [0.29, 0.717) is 217 Å². The van der Waals surface area contributed by atoms with Gasteiger partial charge < -0.3 is 112 Å². The van der Waals surface area contributed by atoms with Crippen molar-refractivity contribution in [3.63, 3.8) is 0 Å². The molecule has 0 bridgehead atoms. The van der Waals surface area contributed by atoms with Crippen LogP contribution >= 0.6 is 0 Å². The normalized spacial score (nSPS) is 12.5. The lowest BCUT2D eigenvalue weighted by molar-refractivity contribution is 0.0599. The molecule has 10 heterocycles. The number of rotatable bonds is 17. The zero-order chi connectivity index (χ0) is 104. The average Bonchev–Trinajstić information content (AvgIpc) is 0.786. The van der Waals surface area contributed by atoms with Crippen molar-refractivity contribution in [2.24, 2.45) is 42.3 Å². The summed E-state index contributed by atoms with van der Waals surface area (Å²) in [6.45, 7) is 6.27. The SMILES string of the molecule is CCc1cc(C(=O)Nc2ccc3c(c2)OCCO3)cn(C)c1=O.COC(=O)c1ccc(NC(=O)c2cn(C)c(=O)c3ccccc23)cc1.COc1ccc(NC(=O)c2cn(C)c(=O)c3ccccc23)cc1OC.Cn1c(=O)[nH]cc(C(=O)Nc2ccc3c(c2)OCCO3)c1=O.Cn1cc(C(=O)NCc2ccc3c(c2)OCCO3)c2ccccc2c1=O.Cn1cc(C(=O)Nc2ccc3c(c2)OCCO3)c2c(c1=O)CCCC2. The summed E-state index contributed by atoms with van der Waals surface area (Å²) >= 11 is 0. The highest BCUT2D eigenvalue weighted by molar-refractivity contribution is 6.14. The number of hydrogen-bond donors (Lipinski definition) is 7. The molecule has 0 spiro atoms. The van der Waals surface area contributed by atoms with Gasteiger partial charge in [-0.1, -0.05) is 67.6 Å². The predicted molar refractivity (Wildman–Crippen MR) is 547 cm³/mol. The van der Waals surface area contributed by atoms with Gasteiger partial charge in [0, 0.05) is 182 Å². The van der Waals surface area contributed by atoms with Crippen LogP contribution in [0.2, 0.25) is 0 Å². The van der Waals surface area contributed by atoms with E-state index in [-0.39, 0.29) is 62.9 Å². The van der Waals surface area contributed by atoms with Gasteiger partial charge >= 0.3 is 11.7 Å². The van der Waals surface area contributed by atoms with Gasteiger partial charge in [-0.3, -0.25) is 62.1 Å². The molecule has 38 heteroatoms. The Morgan fingerprint density at radius 1 is 0.329 bits per heavy atom. The minimum Gasteiger partial charge on any atom is -0.493 e. The number of aromatic amines is 1. The number of ether oxygens (including phenoxy) is 11. The van der Waals surface area contributed by atoms with Crippen molar-refractivity contribution < 1.29 is 85.7 Å². The Balaban J connectivity index is 0.000000132. The van der Waals surface area contributed by atoms with Crippen molar-refractivity contribution in [1.82, 2.24) is 37.7 Å². The second-order valence-corrected chi connectivity index (χ2v) is 33.7. The predicted octanol–water partition coefficient (Wildman–Crippen LogP) is 12.0. The third kappa shape index (κ3) is 23.7. The molecule has 15 aromatic rings. The Kier molecular flexibility index (Phi) is 32.3. The second-order valence-electron chi connectivity index (χ2n) is 33.7. The molecule has 38 nitrogen and oxygen atoms in total. The first-order valence-electron chi connectivity index (χ1n) is 46.2. The summed E-state index contributed by atoms with van der Waals surface area (Å²) in [6, 6.07) is 55.4. The van der Waals surface area contributed by atoms with Gasteiger partial charge in [0.2, 0.25) is 0 Å². The van der Waals surface area contributed by atoms with E-state index in [1.807, 2.05) is 31.2 Å². The Morgan fingerprint density at radius 3 is 1.14 bits per heavy atom. The lowest BCUT2D eigenvalue weighted by atomic mass is 9.89. The van der Waals surface area contributed by atoms with E-state index >= 15 is 0 Å². The third-order valence-corrected chi connectivity index (χ3v) is 23.9. The van der Waals surface area contributed by atoms with Crippen LogP contribution in [-0.4, -0.2) is 148 Å². The zero-order valence-corrected chi connectivity index (χ0v) is 81.2. The molecule has 0 atom stereocenters. The number of nitrogens with zero attached hydrogens (tertiary/aromatic N) is 6. The van der Waals surface area contributed by atoms with Crippen LogP contribution in [0.1, 0.15) is 115 Å². The third-order valence-electron chi connectivity index (χ3n) is 23.9. The first-order chi connectivity index (χ1) is 70.5. The summed E-state index contributed by atoms with van der Waals surface area (Å²) in [5, 5.41) is 20.2. The monoisotopic (exact) mass is 1980 g/mol. The van der Waals surface area contributed by atoms with Gasteiger partial charge in [0.1, 0.15) is 58.4 Å². The number of benzene rings is 9.